The number of fused-ring (bicyclic) bond motifs is 1. The minimum atomic E-state index is -0.0392. The first-order valence-electron chi connectivity index (χ1n) is 8.52. The molecule has 1 amide bonds. The first-order chi connectivity index (χ1) is 12.2. The Balaban J connectivity index is 1.67. The molecule has 0 bridgehead atoms. The van der Waals surface area contributed by atoms with E-state index in [-0.39, 0.29) is 12.5 Å². The smallest absolute Gasteiger partial charge is 0.224 e. The molecule has 130 valence electrons. The second-order valence-electron chi connectivity index (χ2n) is 6.15. The van der Waals surface area contributed by atoms with Crippen LogP contribution in [0.15, 0.2) is 54.7 Å². The highest BCUT2D eigenvalue weighted by molar-refractivity contribution is 5.82. The molecule has 25 heavy (non-hydrogen) atoms. The molecule has 1 heterocycles. The number of benzene rings is 2. The third-order valence-electron chi connectivity index (χ3n) is 4.38. The van der Waals surface area contributed by atoms with Crippen molar-refractivity contribution >= 4 is 16.8 Å². The summed E-state index contributed by atoms with van der Waals surface area (Å²) in [6, 6.07) is 15.9. The molecule has 3 rings (SSSR count). The van der Waals surface area contributed by atoms with Crippen molar-refractivity contribution in [3.63, 3.8) is 0 Å². The summed E-state index contributed by atoms with van der Waals surface area (Å²) < 4.78 is 1.87. The monoisotopic (exact) mass is 337 g/mol. The SMILES string of the molecule is Cc1cccc2c1cnn2CCC(=O)N(CCO)Cc1ccccc1. The number of aliphatic hydroxyl groups excluding tert-OH is 1. The van der Waals surface area contributed by atoms with Gasteiger partial charge in [-0.25, -0.2) is 0 Å². The molecule has 3 aromatic rings. The van der Waals surface area contributed by atoms with Gasteiger partial charge < -0.3 is 10.0 Å². The van der Waals surface area contributed by atoms with Gasteiger partial charge in [-0.1, -0.05) is 42.5 Å². The molecule has 0 unspecified atom stereocenters. The van der Waals surface area contributed by atoms with Crippen molar-refractivity contribution in [3.8, 4) is 0 Å². The average Bonchev–Trinajstić information content (AvgIpc) is 3.05. The summed E-state index contributed by atoms with van der Waals surface area (Å²) in [5, 5.41) is 14.8. The van der Waals surface area contributed by atoms with Crippen LogP contribution in [0.1, 0.15) is 17.5 Å². The van der Waals surface area contributed by atoms with Gasteiger partial charge in [0.2, 0.25) is 5.91 Å². The molecule has 5 nitrogen and oxygen atoms in total. The molecule has 5 heteroatoms. The van der Waals surface area contributed by atoms with Gasteiger partial charge in [-0.05, 0) is 24.1 Å². The van der Waals surface area contributed by atoms with Crippen molar-refractivity contribution in [1.29, 1.82) is 0 Å². The minimum Gasteiger partial charge on any atom is -0.395 e. The van der Waals surface area contributed by atoms with E-state index >= 15 is 0 Å². The number of aromatic nitrogens is 2. The molecule has 0 saturated carbocycles. The molecule has 0 aliphatic rings. The highest BCUT2D eigenvalue weighted by atomic mass is 16.3. The van der Waals surface area contributed by atoms with Gasteiger partial charge in [0.05, 0.1) is 24.9 Å². The van der Waals surface area contributed by atoms with Crippen molar-refractivity contribution in [1.82, 2.24) is 14.7 Å². The van der Waals surface area contributed by atoms with Crippen molar-refractivity contribution in [2.75, 3.05) is 13.2 Å². The molecular weight excluding hydrogens is 314 g/mol. The van der Waals surface area contributed by atoms with E-state index in [1.54, 1.807) is 4.90 Å². The number of amides is 1. The summed E-state index contributed by atoms with van der Waals surface area (Å²) in [4.78, 5) is 14.3. The zero-order chi connectivity index (χ0) is 17.6. The van der Waals surface area contributed by atoms with E-state index in [1.165, 1.54) is 5.56 Å². The van der Waals surface area contributed by atoms with E-state index < -0.39 is 0 Å². The third-order valence-corrected chi connectivity index (χ3v) is 4.38. The quantitative estimate of drug-likeness (QED) is 0.721. The Labute approximate surface area is 147 Å². The van der Waals surface area contributed by atoms with Crippen LogP contribution < -0.4 is 0 Å². The molecule has 0 aliphatic carbocycles. The van der Waals surface area contributed by atoms with Crippen molar-refractivity contribution < 1.29 is 9.90 Å². The molecule has 0 radical (unpaired) electrons. The Hall–Kier alpha value is -2.66. The second kappa shape index (κ2) is 7.94. The van der Waals surface area contributed by atoms with Gasteiger partial charge in [-0.3, -0.25) is 9.48 Å². The van der Waals surface area contributed by atoms with Gasteiger partial charge in [0.25, 0.3) is 0 Å². The minimum absolute atomic E-state index is 0.0224. The lowest BCUT2D eigenvalue weighted by Gasteiger charge is -2.22. The molecule has 0 spiro atoms. The first kappa shape index (κ1) is 17.2. The lowest BCUT2D eigenvalue weighted by molar-refractivity contribution is -0.132. The summed E-state index contributed by atoms with van der Waals surface area (Å²) >= 11 is 0. The van der Waals surface area contributed by atoms with Gasteiger partial charge in [-0.15, -0.1) is 0 Å². The largest absolute Gasteiger partial charge is 0.395 e. The highest BCUT2D eigenvalue weighted by Crippen LogP contribution is 2.18. The van der Waals surface area contributed by atoms with Crippen LogP contribution in [-0.2, 0) is 17.9 Å². The van der Waals surface area contributed by atoms with Crippen LogP contribution in [0.5, 0.6) is 0 Å². The van der Waals surface area contributed by atoms with Crippen LogP contribution in [0, 0.1) is 6.92 Å². The van der Waals surface area contributed by atoms with Gasteiger partial charge in [-0.2, -0.15) is 5.10 Å². The maximum atomic E-state index is 12.6. The number of hydrogen-bond donors (Lipinski definition) is 1. The van der Waals surface area contributed by atoms with Gasteiger partial charge >= 0.3 is 0 Å². The van der Waals surface area contributed by atoms with Crippen LogP contribution in [-0.4, -0.2) is 38.8 Å². The number of rotatable bonds is 7. The fourth-order valence-corrected chi connectivity index (χ4v) is 3.00. The van der Waals surface area contributed by atoms with Crippen LogP contribution in [0.25, 0.3) is 10.9 Å². The van der Waals surface area contributed by atoms with E-state index in [2.05, 4.69) is 18.1 Å². The third kappa shape index (κ3) is 4.06. The van der Waals surface area contributed by atoms with E-state index in [4.69, 9.17) is 0 Å². The lowest BCUT2D eigenvalue weighted by atomic mass is 10.1. The maximum absolute atomic E-state index is 12.6. The summed E-state index contributed by atoms with van der Waals surface area (Å²) in [5.74, 6) is 0.0224. The van der Waals surface area contributed by atoms with Crippen LogP contribution in [0.2, 0.25) is 0 Å². The van der Waals surface area contributed by atoms with Crippen LogP contribution in [0.4, 0.5) is 0 Å². The van der Waals surface area contributed by atoms with Gasteiger partial charge in [0.15, 0.2) is 0 Å². The van der Waals surface area contributed by atoms with E-state index in [0.29, 0.717) is 26.1 Å². The van der Waals surface area contributed by atoms with Gasteiger partial charge in [0, 0.05) is 24.9 Å². The maximum Gasteiger partial charge on any atom is 0.224 e. The highest BCUT2D eigenvalue weighted by Gasteiger charge is 2.14. The number of hydrogen-bond acceptors (Lipinski definition) is 3. The van der Waals surface area contributed by atoms with Crippen molar-refractivity contribution in [3.05, 3.63) is 65.9 Å². The lowest BCUT2D eigenvalue weighted by Crippen LogP contribution is -2.33. The van der Waals surface area contributed by atoms with Crippen LogP contribution in [0.3, 0.4) is 0 Å². The first-order valence-corrected chi connectivity index (χ1v) is 8.52. The molecular formula is C20H23N3O2. The number of carbonyl (C=O) groups excluding carboxylic acids is 1. The molecule has 0 atom stereocenters. The summed E-state index contributed by atoms with van der Waals surface area (Å²) in [5.41, 5.74) is 3.29. The molecule has 0 aliphatic heterocycles. The Morgan fingerprint density at radius 3 is 2.72 bits per heavy atom. The van der Waals surface area contributed by atoms with E-state index in [9.17, 15) is 9.90 Å². The zero-order valence-electron chi connectivity index (χ0n) is 14.4. The number of aryl methyl sites for hydroxylation is 2. The fraction of sp³-hybridized carbons (Fsp3) is 0.300. The summed E-state index contributed by atoms with van der Waals surface area (Å²) in [6.45, 7) is 3.40. The Bertz CT molecular complexity index is 843. The number of nitrogens with zero attached hydrogens (tertiary/aromatic N) is 3. The topological polar surface area (TPSA) is 58.4 Å². The Morgan fingerprint density at radius 1 is 1.16 bits per heavy atom. The molecule has 1 aromatic heterocycles. The predicted molar refractivity (Wildman–Crippen MR) is 98.0 cm³/mol. The normalized spacial score (nSPS) is 11.0. The second-order valence-corrected chi connectivity index (χ2v) is 6.15. The fourth-order valence-electron chi connectivity index (χ4n) is 3.00. The number of aliphatic hydroxyl groups is 1. The van der Waals surface area contributed by atoms with Crippen LogP contribution >= 0.6 is 0 Å². The average molecular weight is 337 g/mol. The predicted octanol–water partition coefficient (Wildman–Crippen LogP) is 2.76. The van der Waals surface area contributed by atoms with Gasteiger partial charge in [0.1, 0.15) is 0 Å². The molecule has 0 fully saturated rings. The Kier molecular flexibility index (Phi) is 5.46. The molecule has 0 saturated heterocycles. The standard InChI is InChI=1S/C20H23N3O2/c1-16-6-5-9-19-18(16)14-21-23(19)11-10-20(25)22(12-13-24)15-17-7-3-2-4-8-17/h2-9,14,24H,10-13,15H2,1H3. The Morgan fingerprint density at radius 2 is 1.96 bits per heavy atom. The number of carbonyl (C=O) groups is 1. The van der Waals surface area contributed by atoms with Crippen molar-refractivity contribution in [2.24, 2.45) is 0 Å². The van der Waals surface area contributed by atoms with Crippen molar-refractivity contribution in [2.45, 2.75) is 26.4 Å². The van der Waals surface area contributed by atoms with E-state index in [0.717, 1.165) is 16.5 Å². The zero-order valence-corrected chi connectivity index (χ0v) is 14.4. The summed E-state index contributed by atoms with van der Waals surface area (Å²) in [6.07, 6.45) is 2.21. The molecule has 1 N–H and O–H groups in total. The summed E-state index contributed by atoms with van der Waals surface area (Å²) in [7, 11) is 0. The molecule has 2 aromatic carbocycles. The van der Waals surface area contributed by atoms with E-state index in [1.807, 2.05) is 53.3 Å².